The number of hydrogen-bond donors (Lipinski definition) is 1. The van der Waals surface area contributed by atoms with Crippen LogP contribution >= 0.6 is 11.8 Å². The summed E-state index contributed by atoms with van der Waals surface area (Å²) in [6.07, 6.45) is 1.22. The van der Waals surface area contributed by atoms with Gasteiger partial charge >= 0.3 is 5.97 Å². The van der Waals surface area contributed by atoms with Crippen LogP contribution in [0.25, 0.3) is 0 Å². The van der Waals surface area contributed by atoms with Crippen molar-refractivity contribution in [1.82, 2.24) is 4.90 Å². The van der Waals surface area contributed by atoms with Gasteiger partial charge in [0, 0.05) is 30.6 Å². The third kappa shape index (κ3) is 4.42. The lowest BCUT2D eigenvalue weighted by Gasteiger charge is -2.31. The first-order valence-electron chi connectivity index (χ1n) is 6.99. The lowest BCUT2D eigenvalue weighted by molar-refractivity contribution is 0.0697. The highest BCUT2D eigenvalue weighted by Crippen LogP contribution is 2.20. The first-order chi connectivity index (χ1) is 9.69. The summed E-state index contributed by atoms with van der Waals surface area (Å²) < 4.78 is 5.67. The molecule has 2 rings (SSSR count). The van der Waals surface area contributed by atoms with E-state index in [1.54, 1.807) is 24.3 Å². The van der Waals surface area contributed by atoms with Crippen LogP contribution in [0.4, 0.5) is 0 Å². The number of rotatable bonds is 6. The first kappa shape index (κ1) is 15.2. The standard InChI is InChI=1S/C15H21NO3S/c1-2-14-11-16(8-10-20-14)7-9-19-13-5-3-12(4-6-13)15(17)18/h3-6,14H,2,7-11H2,1H3,(H,17,18). The molecule has 1 aliphatic heterocycles. The third-order valence-electron chi connectivity index (χ3n) is 3.46. The minimum Gasteiger partial charge on any atom is -0.492 e. The van der Waals surface area contributed by atoms with Crippen LogP contribution in [0.3, 0.4) is 0 Å². The molecule has 20 heavy (non-hydrogen) atoms. The SMILES string of the molecule is CCC1CN(CCOc2ccc(C(=O)O)cc2)CCS1. The van der Waals surface area contributed by atoms with E-state index in [0.717, 1.165) is 30.6 Å². The summed E-state index contributed by atoms with van der Waals surface area (Å²) in [6, 6.07) is 6.57. The lowest BCUT2D eigenvalue weighted by Crippen LogP contribution is -2.39. The first-order valence-corrected chi connectivity index (χ1v) is 8.04. The molecule has 4 nitrogen and oxygen atoms in total. The van der Waals surface area contributed by atoms with Crippen LogP contribution < -0.4 is 4.74 Å². The Morgan fingerprint density at radius 1 is 1.45 bits per heavy atom. The molecule has 1 aromatic carbocycles. The fraction of sp³-hybridized carbons (Fsp3) is 0.533. The summed E-state index contributed by atoms with van der Waals surface area (Å²) in [5, 5.41) is 9.57. The van der Waals surface area contributed by atoms with Gasteiger partial charge in [-0.05, 0) is 30.7 Å². The smallest absolute Gasteiger partial charge is 0.335 e. The van der Waals surface area contributed by atoms with Crippen LogP contribution in [0.2, 0.25) is 0 Å². The van der Waals surface area contributed by atoms with Crippen LogP contribution in [0, 0.1) is 0 Å². The quantitative estimate of drug-likeness (QED) is 0.874. The minimum atomic E-state index is -0.909. The lowest BCUT2D eigenvalue weighted by atomic mass is 10.2. The summed E-state index contributed by atoms with van der Waals surface area (Å²) in [7, 11) is 0. The van der Waals surface area contributed by atoms with Crippen molar-refractivity contribution >= 4 is 17.7 Å². The molecule has 1 atom stereocenters. The van der Waals surface area contributed by atoms with Gasteiger partial charge in [-0.1, -0.05) is 6.92 Å². The largest absolute Gasteiger partial charge is 0.492 e. The Labute approximate surface area is 124 Å². The molecule has 0 radical (unpaired) electrons. The molecule has 1 saturated heterocycles. The molecule has 1 unspecified atom stereocenters. The number of aromatic carboxylic acids is 1. The van der Waals surface area contributed by atoms with Crippen molar-refractivity contribution in [2.75, 3.05) is 32.0 Å². The van der Waals surface area contributed by atoms with Crippen molar-refractivity contribution in [2.45, 2.75) is 18.6 Å². The Morgan fingerprint density at radius 2 is 2.20 bits per heavy atom. The van der Waals surface area contributed by atoms with E-state index in [-0.39, 0.29) is 5.56 Å². The third-order valence-corrected chi connectivity index (χ3v) is 4.83. The highest BCUT2D eigenvalue weighted by Gasteiger charge is 2.18. The number of carboxylic acid groups (broad SMARTS) is 1. The molecule has 0 spiro atoms. The van der Waals surface area contributed by atoms with Crippen LogP contribution in [-0.4, -0.2) is 53.2 Å². The maximum absolute atomic E-state index is 10.7. The van der Waals surface area contributed by atoms with Gasteiger partial charge in [0.25, 0.3) is 0 Å². The van der Waals surface area contributed by atoms with Gasteiger partial charge in [-0.25, -0.2) is 4.79 Å². The number of hydrogen-bond acceptors (Lipinski definition) is 4. The van der Waals surface area contributed by atoms with Gasteiger partial charge in [-0.3, -0.25) is 4.90 Å². The van der Waals surface area contributed by atoms with E-state index in [1.807, 2.05) is 0 Å². The van der Waals surface area contributed by atoms with Crippen LogP contribution in [0.15, 0.2) is 24.3 Å². The van der Waals surface area contributed by atoms with Crippen molar-refractivity contribution < 1.29 is 14.6 Å². The molecule has 110 valence electrons. The molecule has 1 fully saturated rings. The van der Waals surface area contributed by atoms with E-state index >= 15 is 0 Å². The zero-order valence-corrected chi connectivity index (χ0v) is 12.6. The van der Waals surface area contributed by atoms with Gasteiger partial charge in [0.05, 0.1) is 5.56 Å². The number of nitrogens with zero attached hydrogens (tertiary/aromatic N) is 1. The van der Waals surface area contributed by atoms with Crippen molar-refractivity contribution in [3.8, 4) is 5.75 Å². The molecule has 0 saturated carbocycles. The van der Waals surface area contributed by atoms with Crippen molar-refractivity contribution in [2.24, 2.45) is 0 Å². The van der Waals surface area contributed by atoms with Crippen molar-refractivity contribution in [1.29, 1.82) is 0 Å². The average molecular weight is 295 g/mol. The predicted molar refractivity (Wildman–Crippen MR) is 81.9 cm³/mol. The van der Waals surface area contributed by atoms with Crippen LogP contribution in [-0.2, 0) is 0 Å². The molecule has 1 N–H and O–H groups in total. The van der Waals surface area contributed by atoms with E-state index in [1.165, 1.54) is 12.2 Å². The Bertz CT molecular complexity index is 435. The number of carboxylic acids is 1. The van der Waals surface area contributed by atoms with Gasteiger partial charge in [0.15, 0.2) is 0 Å². The second kappa shape index (κ2) is 7.55. The highest BCUT2D eigenvalue weighted by molar-refractivity contribution is 8.00. The molecule has 0 bridgehead atoms. The molecule has 0 aromatic heterocycles. The number of carbonyl (C=O) groups is 1. The molecule has 1 heterocycles. The molecular weight excluding hydrogens is 274 g/mol. The fourth-order valence-corrected chi connectivity index (χ4v) is 3.47. The van der Waals surface area contributed by atoms with Crippen LogP contribution in [0.1, 0.15) is 23.7 Å². The molecular formula is C15H21NO3S. The number of thioether (sulfide) groups is 1. The molecule has 0 aliphatic carbocycles. The molecule has 1 aromatic rings. The average Bonchev–Trinajstić information content (AvgIpc) is 2.48. The fourth-order valence-electron chi connectivity index (χ4n) is 2.22. The second-order valence-electron chi connectivity index (χ2n) is 4.88. The van der Waals surface area contributed by atoms with E-state index in [2.05, 4.69) is 23.6 Å². The summed E-state index contributed by atoms with van der Waals surface area (Å²) >= 11 is 2.06. The minimum absolute atomic E-state index is 0.288. The van der Waals surface area contributed by atoms with Gasteiger partial charge in [0.1, 0.15) is 12.4 Å². The summed E-state index contributed by atoms with van der Waals surface area (Å²) in [5.41, 5.74) is 0.288. The Hall–Kier alpha value is -1.20. The Morgan fingerprint density at radius 3 is 2.85 bits per heavy atom. The number of ether oxygens (including phenoxy) is 1. The number of benzene rings is 1. The molecule has 5 heteroatoms. The normalized spacial score (nSPS) is 19.8. The van der Waals surface area contributed by atoms with E-state index < -0.39 is 5.97 Å². The van der Waals surface area contributed by atoms with Gasteiger partial charge in [-0.15, -0.1) is 0 Å². The summed E-state index contributed by atoms with van der Waals surface area (Å²) in [6.45, 7) is 6.08. The van der Waals surface area contributed by atoms with E-state index in [9.17, 15) is 4.79 Å². The van der Waals surface area contributed by atoms with Gasteiger partial charge < -0.3 is 9.84 Å². The zero-order chi connectivity index (χ0) is 14.4. The van der Waals surface area contributed by atoms with Gasteiger partial charge in [-0.2, -0.15) is 11.8 Å². The van der Waals surface area contributed by atoms with Crippen molar-refractivity contribution in [3.63, 3.8) is 0 Å². The van der Waals surface area contributed by atoms with E-state index in [0.29, 0.717) is 6.61 Å². The van der Waals surface area contributed by atoms with Crippen molar-refractivity contribution in [3.05, 3.63) is 29.8 Å². The Balaban J connectivity index is 1.74. The topological polar surface area (TPSA) is 49.8 Å². The zero-order valence-electron chi connectivity index (χ0n) is 11.7. The molecule has 0 amide bonds. The maximum Gasteiger partial charge on any atom is 0.335 e. The second-order valence-corrected chi connectivity index (χ2v) is 6.29. The van der Waals surface area contributed by atoms with Crippen LogP contribution in [0.5, 0.6) is 5.75 Å². The molecule has 1 aliphatic rings. The Kier molecular flexibility index (Phi) is 5.73. The monoisotopic (exact) mass is 295 g/mol. The van der Waals surface area contributed by atoms with Gasteiger partial charge in [0.2, 0.25) is 0 Å². The predicted octanol–water partition coefficient (Wildman–Crippen LogP) is 2.59. The highest BCUT2D eigenvalue weighted by atomic mass is 32.2. The maximum atomic E-state index is 10.7. The van der Waals surface area contributed by atoms with E-state index in [4.69, 9.17) is 9.84 Å². The summed E-state index contributed by atoms with van der Waals surface area (Å²) in [5.74, 6) is 1.02. The summed E-state index contributed by atoms with van der Waals surface area (Å²) in [4.78, 5) is 13.2.